The van der Waals surface area contributed by atoms with E-state index >= 15 is 0 Å². The summed E-state index contributed by atoms with van der Waals surface area (Å²) in [7, 11) is 2.21. The van der Waals surface area contributed by atoms with Crippen LogP contribution in [-0.2, 0) is 0 Å². The first-order chi connectivity index (χ1) is 7.83. The summed E-state index contributed by atoms with van der Waals surface area (Å²) in [6, 6.07) is 12.0. The maximum absolute atomic E-state index is 8.88. The number of aliphatic hydroxyl groups excluding tert-OH is 1. The van der Waals surface area contributed by atoms with Crippen molar-refractivity contribution in [2.45, 2.75) is 37.8 Å². The summed E-state index contributed by atoms with van der Waals surface area (Å²) >= 11 is 0. The highest BCUT2D eigenvalue weighted by atomic mass is 16.2. The van der Waals surface area contributed by atoms with Gasteiger partial charge < -0.3 is 5.11 Å². The van der Waals surface area contributed by atoms with E-state index in [-0.39, 0.29) is 0 Å². The third-order valence-electron chi connectivity index (χ3n) is 3.72. The first-order valence-corrected chi connectivity index (χ1v) is 6.20. The van der Waals surface area contributed by atoms with Gasteiger partial charge in [-0.1, -0.05) is 30.3 Å². The molecule has 1 fully saturated rings. The molecule has 0 bridgehead atoms. The quantitative estimate of drug-likeness (QED) is 0.841. The zero-order valence-electron chi connectivity index (χ0n) is 9.97. The van der Waals surface area contributed by atoms with Crippen LogP contribution < -0.4 is 0 Å². The number of benzene rings is 1. The Balaban J connectivity index is 1.99. The molecule has 88 valence electrons. The molecule has 2 rings (SSSR count). The highest BCUT2D eigenvalue weighted by Gasteiger charge is 2.30. The van der Waals surface area contributed by atoms with Crippen LogP contribution in [0.5, 0.6) is 0 Å². The van der Waals surface area contributed by atoms with Crippen LogP contribution in [0.15, 0.2) is 30.3 Å². The number of hydrogen-bond acceptors (Lipinski definition) is 2. The van der Waals surface area contributed by atoms with Crippen molar-refractivity contribution < 1.29 is 5.11 Å². The van der Waals surface area contributed by atoms with Gasteiger partial charge in [0.2, 0.25) is 0 Å². The van der Waals surface area contributed by atoms with Crippen molar-refractivity contribution in [3.05, 3.63) is 35.9 Å². The van der Waals surface area contributed by atoms with Crippen LogP contribution in [0.1, 0.15) is 37.3 Å². The van der Waals surface area contributed by atoms with E-state index in [0.29, 0.717) is 18.7 Å². The zero-order chi connectivity index (χ0) is 11.4. The van der Waals surface area contributed by atoms with E-state index in [1.165, 1.54) is 18.4 Å². The monoisotopic (exact) mass is 219 g/mol. The van der Waals surface area contributed by atoms with Crippen molar-refractivity contribution >= 4 is 0 Å². The van der Waals surface area contributed by atoms with Crippen LogP contribution in [0.25, 0.3) is 0 Å². The molecule has 1 aliphatic rings. The molecule has 0 saturated carbocycles. The molecule has 1 aromatic rings. The number of nitrogens with zero attached hydrogens (tertiary/aromatic N) is 1. The van der Waals surface area contributed by atoms with Gasteiger partial charge in [-0.3, -0.25) is 4.90 Å². The smallest absolute Gasteiger partial charge is 0.0431 e. The Morgan fingerprint density at radius 2 is 2.00 bits per heavy atom. The van der Waals surface area contributed by atoms with Crippen LogP contribution in [0.3, 0.4) is 0 Å². The van der Waals surface area contributed by atoms with E-state index in [9.17, 15) is 0 Å². The summed E-state index contributed by atoms with van der Waals surface area (Å²) in [4.78, 5) is 2.48. The molecule has 16 heavy (non-hydrogen) atoms. The Morgan fingerprint density at radius 1 is 1.25 bits per heavy atom. The van der Waals surface area contributed by atoms with Gasteiger partial charge in [0.15, 0.2) is 0 Å². The summed E-state index contributed by atoms with van der Waals surface area (Å²) in [5, 5.41) is 8.88. The van der Waals surface area contributed by atoms with Crippen molar-refractivity contribution in [1.82, 2.24) is 4.90 Å². The lowest BCUT2D eigenvalue weighted by Crippen LogP contribution is -2.27. The van der Waals surface area contributed by atoms with E-state index in [1.807, 2.05) is 0 Å². The summed E-state index contributed by atoms with van der Waals surface area (Å²) in [6.07, 6.45) is 4.56. The lowest BCUT2D eigenvalue weighted by Gasteiger charge is -2.26. The fourth-order valence-electron chi connectivity index (χ4n) is 2.76. The average Bonchev–Trinajstić information content (AvgIpc) is 2.69. The first kappa shape index (κ1) is 11.6. The fraction of sp³-hybridized carbons (Fsp3) is 0.571. The molecule has 1 N–H and O–H groups in total. The molecule has 1 heterocycles. The summed E-state index contributed by atoms with van der Waals surface area (Å²) in [5.41, 5.74) is 1.43. The average molecular weight is 219 g/mol. The summed E-state index contributed by atoms with van der Waals surface area (Å²) in [6.45, 7) is 0.320. The third kappa shape index (κ3) is 2.45. The normalized spacial score (nSPS) is 26.1. The van der Waals surface area contributed by atoms with Crippen molar-refractivity contribution in [3.8, 4) is 0 Å². The molecule has 0 unspecified atom stereocenters. The number of rotatable bonds is 4. The van der Waals surface area contributed by atoms with Crippen LogP contribution in [0.2, 0.25) is 0 Å². The fourth-order valence-corrected chi connectivity index (χ4v) is 2.76. The third-order valence-corrected chi connectivity index (χ3v) is 3.72. The van der Waals surface area contributed by atoms with E-state index < -0.39 is 0 Å². The predicted molar refractivity (Wildman–Crippen MR) is 66.3 cm³/mol. The van der Waals surface area contributed by atoms with Gasteiger partial charge in [-0.15, -0.1) is 0 Å². The molecule has 0 spiro atoms. The van der Waals surface area contributed by atoms with E-state index in [4.69, 9.17) is 5.11 Å². The summed E-state index contributed by atoms with van der Waals surface area (Å²) in [5.74, 6) is 0. The molecule has 0 aromatic heterocycles. The zero-order valence-corrected chi connectivity index (χ0v) is 9.97. The minimum atomic E-state index is 0.320. The molecule has 1 aromatic carbocycles. The highest BCUT2D eigenvalue weighted by molar-refractivity contribution is 5.20. The SMILES string of the molecule is CN1[C@@H](CCCO)CC[C@H]1c1ccccc1. The van der Waals surface area contributed by atoms with Gasteiger partial charge in [0.05, 0.1) is 0 Å². The van der Waals surface area contributed by atoms with Gasteiger partial charge in [-0.05, 0) is 38.3 Å². The molecule has 0 amide bonds. The lowest BCUT2D eigenvalue weighted by molar-refractivity contribution is 0.210. The van der Waals surface area contributed by atoms with E-state index in [0.717, 1.165) is 12.8 Å². The molecular formula is C14H21NO. The van der Waals surface area contributed by atoms with E-state index in [1.54, 1.807) is 0 Å². The molecular weight excluding hydrogens is 198 g/mol. The second-order valence-electron chi connectivity index (χ2n) is 4.69. The minimum Gasteiger partial charge on any atom is -0.396 e. The van der Waals surface area contributed by atoms with Gasteiger partial charge in [-0.2, -0.15) is 0 Å². The molecule has 1 aliphatic heterocycles. The second-order valence-corrected chi connectivity index (χ2v) is 4.69. The van der Waals surface area contributed by atoms with Crippen molar-refractivity contribution in [3.63, 3.8) is 0 Å². The van der Waals surface area contributed by atoms with Gasteiger partial charge in [0, 0.05) is 18.7 Å². The minimum absolute atomic E-state index is 0.320. The Labute approximate surface area is 97.9 Å². The van der Waals surface area contributed by atoms with Crippen LogP contribution >= 0.6 is 0 Å². The van der Waals surface area contributed by atoms with Gasteiger partial charge >= 0.3 is 0 Å². The Bertz CT molecular complexity index is 312. The molecule has 0 aliphatic carbocycles. The standard InChI is InChI=1S/C14H21NO/c1-15-13(8-5-11-16)9-10-14(15)12-6-3-2-4-7-12/h2-4,6-7,13-14,16H,5,8-11H2,1H3/t13-,14-/m0/s1. The predicted octanol–water partition coefficient (Wildman–Crippen LogP) is 2.59. The van der Waals surface area contributed by atoms with Crippen LogP contribution in [0.4, 0.5) is 0 Å². The number of hydrogen-bond donors (Lipinski definition) is 1. The highest BCUT2D eigenvalue weighted by Crippen LogP contribution is 2.35. The van der Waals surface area contributed by atoms with E-state index in [2.05, 4.69) is 42.3 Å². The van der Waals surface area contributed by atoms with Crippen molar-refractivity contribution in [2.75, 3.05) is 13.7 Å². The van der Waals surface area contributed by atoms with Crippen molar-refractivity contribution in [1.29, 1.82) is 0 Å². The van der Waals surface area contributed by atoms with Crippen molar-refractivity contribution in [2.24, 2.45) is 0 Å². The maximum atomic E-state index is 8.88. The Hall–Kier alpha value is -0.860. The second kappa shape index (κ2) is 5.46. The number of aliphatic hydroxyl groups is 1. The Kier molecular flexibility index (Phi) is 3.97. The molecule has 2 nitrogen and oxygen atoms in total. The Morgan fingerprint density at radius 3 is 2.69 bits per heavy atom. The molecule has 1 saturated heterocycles. The lowest BCUT2D eigenvalue weighted by atomic mass is 10.0. The van der Waals surface area contributed by atoms with Gasteiger partial charge in [-0.25, -0.2) is 0 Å². The molecule has 2 heteroatoms. The number of likely N-dealkylation sites (tertiary alicyclic amines) is 1. The molecule has 2 atom stereocenters. The molecule has 0 radical (unpaired) electrons. The van der Waals surface area contributed by atoms with Crippen LogP contribution in [0, 0.1) is 0 Å². The topological polar surface area (TPSA) is 23.5 Å². The maximum Gasteiger partial charge on any atom is 0.0431 e. The van der Waals surface area contributed by atoms with Gasteiger partial charge in [0.1, 0.15) is 0 Å². The largest absolute Gasteiger partial charge is 0.396 e. The summed E-state index contributed by atoms with van der Waals surface area (Å²) < 4.78 is 0. The first-order valence-electron chi connectivity index (χ1n) is 6.20. The van der Waals surface area contributed by atoms with Gasteiger partial charge in [0.25, 0.3) is 0 Å². The van der Waals surface area contributed by atoms with Crippen LogP contribution in [-0.4, -0.2) is 29.7 Å².